The van der Waals surface area contributed by atoms with E-state index in [0.29, 0.717) is 35.3 Å². The molecule has 9 heteroatoms. The number of nitrogens with zero attached hydrogens (tertiary/aromatic N) is 1. The van der Waals surface area contributed by atoms with Gasteiger partial charge in [-0.05, 0) is 72.8 Å². The number of halogens is 5. The summed E-state index contributed by atoms with van der Waals surface area (Å²) in [5.74, 6) is -1.20. The van der Waals surface area contributed by atoms with Gasteiger partial charge in [0.25, 0.3) is 0 Å². The molecule has 2 aliphatic heterocycles. The highest BCUT2D eigenvalue weighted by atomic mass is 19.4. The molecule has 3 aliphatic rings. The minimum absolute atomic E-state index is 0.00483. The number of nitrogens with one attached hydrogen (secondary N) is 1. The van der Waals surface area contributed by atoms with Gasteiger partial charge < -0.3 is 14.8 Å². The van der Waals surface area contributed by atoms with Gasteiger partial charge in [0.2, 0.25) is 0 Å². The molecule has 1 N–H and O–H groups in total. The van der Waals surface area contributed by atoms with Gasteiger partial charge in [0.15, 0.2) is 0 Å². The smallest absolute Gasteiger partial charge is 0.401 e. The summed E-state index contributed by atoms with van der Waals surface area (Å²) in [5.41, 5.74) is 2.03. The van der Waals surface area contributed by atoms with E-state index in [9.17, 15) is 13.2 Å². The fourth-order valence-corrected chi connectivity index (χ4v) is 6.70. The van der Waals surface area contributed by atoms with Crippen LogP contribution in [0, 0.1) is 17.0 Å². The van der Waals surface area contributed by atoms with Gasteiger partial charge in [0.1, 0.15) is 29.7 Å². The Hall–Kier alpha value is -3.17. The van der Waals surface area contributed by atoms with Crippen LogP contribution in [0.5, 0.6) is 11.5 Å². The lowest BCUT2D eigenvalue weighted by Crippen LogP contribution is -2.53. The second-order valence-electron chi connectivity index (χ2n) is 11.9. The van der Waals surface area contributed by atoms with Crippen LogP contribution in [-0.2, 0) is 13.0 Å². The summed E-state index contributed by atoms with van der Waals surface area (Å²) in [4.78, 5) is 1.10. The second-order valence-corrected chi connectivity index (χ2v) is 11.9. The van der Waals surface area contributed by atoms with Gasteiger partial charge in [0, 0.05) is 37.3 Å². The van der Waals surface area contributed by atoms with E-state index in [0.717, 1.165) is 67.8 Å². The molecule has 1 saturated heterocycles. The molecule has 2 heterocycles. The fourth-order valence-electron chi connectivity index (χ4n) is 6.70. The van der Waals surface area contributed by atoms with Crippen molar-refractivity contribution in [3.8, 4) is 11.5 Å². The SMILES string of the molecule is Fc1cc(OC2CCCC3(CC2)CNC3)cc(F)c1C1c2ccc(OCc3ccccc3)cc2CCN1CC(F)(F)F. The summed E-state index contributed by atoms with van der Waals surface area (Å²) in [5, 5.41) is 3.34. The van der Waals surface area contributed by atoms with Gasteiger partial charge in [-0.25, -0.2) is 8.78 Å². The molecule has 1 saturated carbocycles. The predicted octanol–water partition coefficient (Wildman–Crippen LogP) is 7.35. The van der Waals surface area contributed by atoms with Crippen LogP contribution in [-0.4, -0.2) is 43.4 Å². The first-order valence-corrected chi connectivity index (χ1v) is 14.6. The van der Waals surface area contributed by atoms with Crippen molar-refractivity contribution in [2.45, 2.75) is 63.5 Å². The molecule has 6 rings (SSSR count). The molecule has 224 valence electrons. The molecule has 0 bridgehead atoms. The van der Waals surface area contributed by atoms with E-state index < -0.39 is 36.0 Å². The summed E-state index contributed by atoms with van der Waals surface area (Å²) in [7, 11) is 0. The van der Waals surface area contributed by atoms with Crippen molar-refractivity contribution in [3.63, 3.8) is 0 Å². The van der Waals surface area contributed by atoms with Crippen LogP contribution in [0.4, 0.5) is 22.0 Å². The largest absolute Gasteiger partial charge is 0.490 e. The predicted molar refractivity (Wildman–Crippen MR) is 150 cm³/mol. The van der Waals surface area contributed by atoms with Crippen molar-refractivity contribution in [2.24, 2.45) is 5.41 Å². The Morgan fingerprint density at radius 3 is 2.36 bits per heavy atom. The molecule has 3 aromatic rings. The van der Waals surface area contributed by atoms with Crippen molar-refractivity contribution in [1.29, 1.82) is 0 Å². The first-order chi connectivity index (χ1) is 20.2. The minimum Gasteiger partial charge on any atom is -0.490 e. The van der Waals surface area contributed by atoms with E-state index in [4.69, 9.17) is 9.47 Å². The van der Waals surface area contributed by atoms with Crippen LogP contribution in [0.1, 0.15) is 60.4 Å². The van der Waals surface area contributed by atoms with Crippen molar-refractivity contribution >= 4 is 0 Å². The lowest BCUT2D eigenvalue weighted by Gasteiger charge is -2.42. The number of hydrogen-bond acceptors (Lipinski definition) is 4. The van der Waals surface area contributed by atoms with Crippen LogP contribution >= 0.6 is 0 Å². The third-order valence-corrected chi connectivity index (χ3v) is 8.93. The van der Waals surface area contributed by atoms with E-state index in [-0.39, 0.29) is 18.4 Å². The Morgan fingerprint density at radius 2 is 1.67 bits per heavy atom. The molecule has 0 radical (unpaired) electrons. The average molecular weight is 587 g/mol. The number of ether oxygens (including phenoxy) is 2. The van der Waals surface area contributed by atoms with Crippen LogP contribution < -0.4 is 14.8 Å². The van der Waals surface area contributed by atoms with E-state index in [1.807, 2.05) is 30.3 Å². The zero-order valence-electron chi connectivity index (χ0n) is 23.4. The Kier molecular flexibility index (Phi) is 8.16. The number of alkyl halides is 3. The highest BCUT2D eigenvalue weighted by molar-refractivity contribution is 5.46. The fraction of sp³-hybridized carbons (Fsp3) is 0.455. The maximum Gasteiger partial charge on any atom is 0.401 e. The average Bonchev–Trinajstić information content (AvgIpc) is 3.15. The van der Waals surface area contributed by atoms with Gasteiger partial charge in [-0.15, -0.1) is 0 Å². The molecule has 42 heavy (non-hydrogen) atoms. The molecular formula is C33H35F5N2O2. The summed E-state index contributed by atoms with van der Waals surface area (Å²) >= 11 is 0. The Morgan fingerprint density at radius 1 is 0.905 bits per heavy atom. The standard InChI is InChI=1S/C33H35F5N2O2/c34-28-16-26(42-24-7-4-12-32(13-10-24)19-39-20-32)17-29(35)30(28)31-27-9-8-25(41-18-22-5-2-1-3-6-22)15-23(27)11-14-40(31)21-33(36,37)38/h1-3,5-6,8-9,15-17,24,31,39H,4,7,10-14,18-21H2. The van der Waals surface area contributed by atoms with E-state index in [1.165, 1.54) is 0 Å². The number of fused-ring (bicyclic) bond motifs is 1. The van der Waals surface area contributed by atoms with Crippen molar-refractivity contribution in [2.75, 3.05) is 26.2 Å². The highest BCUT2D eigenvalue weighted by Crippen LogP contribution is 2.42. The number of benzene rings is 3. The molecule has 2 atom stereocenters. The number of rotatable bonds is 7. The topological polar surface area (TPSA) is 33.7 Å². The third-order valence-electron chi connectivity index (χ3n) is 8.93. The Labute approximate surface area is 242 Å². The monoisotopic (exact) mass is 586 g/mol. The summed E-state index contributed by atoms with van der Waals surface area (Å²) in [6, 6.07) is 15.6. The maximum atomic E-state index is 15.7. The zero-order chi connectivity index (χ0) is 29.3. The van der Waals surface area contributed by atoms with Crippen LogP contribution in [0.3, 0.4) is 0 Å². The van der Waals surface area contributed by atoms with Crippen molar-refractivity contribution in [3.05, 3.63) is 94.6 Å². The lowest BCUT2D eigenvalue weighted by molar-refractivity contribution is -0.150. The molecule has 1 spiro atoms. The van der Waals surface area contributed by atoms with Crippen LogP contribution in [0.2, 0.25) is 0 Å². The molecule has 1 aliphatic carbocycles. The molecule has 0 amide bonds. The first kappa shape index (κ1) is 28.9. The molecule has 2 unspecified atom stereocenters. The third kappa shape index (κ3) is 6.42. The number of hydrogen-bond donors (Lipinski definition) is 1. The summed E-state index contributed by atoms with van der Waals surface area (Å²) in [6.07, 6.45) is 0.309. The van der Waals surface area contributed by atoms with Gasteiger partial charge >= 0.3 is 6.18 Å². The van der Waals surface area contributed by atoms with E-state index in [1.54, 1.807) is 18.2 Å². The van der Waals surface area contributed by atoms with E-state index in [2.05, 4.69) is 5.32 Å². The van der Waals surface area contributed by atoms with Crippen LogP contribution in [0.15, 0.2) is 60.7 Å². The van der Waals surface area contributed by atoms with Gasteiger partial charge in [-0.2, -0.15) is 13.2 Å². The van der Waals surface area contributed by atoms with Crippen molar-refractivity contribution in [1.82, 2.24) is 10.2 Å². The summed E-state index contributed by atoms with van der Waals surface area (Å²) in [6.45, 7) is 1.03. The zero-order valence-corrected chi connectivity index (χ0v) is 23.4. The van der Waals surface area contributed by atoms with Gasteiger partial charge in [0.05, 0.1) is 18.7 Å². The Balaban J connectivity index is 1.25. The van der Waals surface area contributed by atoms with E-state index >= 15 is 8.78 Å². The quantitative estimate of drug-likeness (QED) is 0.294. The second kappa shape index (κ2) is 11.8. The molecule has 2 fully saturated rings. The minimum atomic E-state index is -4.53. The molecule has 3 aromatic carbocycles. The molecule has 4 nitrogen and oxygen atoms in total. The molecule has 0 aromatic heterocycles. The van der Waals surface area contributed by atoms with Crippen molar-refractivity contribution < 1.29 is 31.4 Å². The van der Waals surface area contributed by atoms with Gasteiger partial charge in [-0.3, -0.25) is 4.90 Å². The van der Waals surface area contributed by atoms with Crippen LogP contribution in [0.25, 0.3) is 0 Å². The highest BCUT2D eigenvalue weighted by Gasteiger charge is 2.41. The lowest BCUT2D eigenvalue weighted by atomic mass is 9.75. The normalized spacial score (nSPS) is 22.2. The first-order valence-electron chi connectivity index (χ1n) is 14.6. The van der Waals surface area contributed by atoms with Gasteiger partial charge in [-0.1, -0.05) is 36.4 Å². The maximum absolute atomic E-state index is 15.7. The summed E-state index contributed by atoms with van der Waals surface area (Å²) < 4.78 is 84.3. The molecular weight excluding hydrogens is 551 g/mol. The Bertz CT molecular complexity index is 1370.